The number of aromatic nitrogens is 1. The number of amides is 1. The fraction of sp³-hybridized carbons (Fsp3) is 0.412. The van der Waals surface area contributed by atoms with Gasteiger partial charge in [-0.15, -0.1) is 0 Å². The number of carbonyl (C=O) groups excluding carboxylic acids is 1. The van der Waals surface area contributed by atoms with Crippen LogP contribution in [0.15, 0.2) is 28.8 Å². The molecule has 0 spiro atoms. The average molecular weight is 318 g/mol. The quantitative estimate of drug-likeness (QED) is 0.775. The SMILES string of the molecule is Cc1cc(CSCCCC(=O)Nc2c(C)cccc2C)on1. The number of anilines is 1. The summed E-state index contributed by atoms with van der Waals surface area (Å²) in [5.74, 6) is 2.70. The Bertz CT molecular complexity index is 617. The molecular weight excluding hydrogens is 296 g/mol. The Morgan fingerprint density at radius 1 is 1.27 bits per heavy atom. The predicted octanol–water partition coefficient (Wildman–Crippen LogP) is 4.25. The summed E-state index contributed by atoms with van der Waals surface area (Å²) >= 11 is 1.76. The first kappa shape index (κ1) is 16.6. The lowest BCUT2D eigenvalue weighted by Gasteiger charge is -2.11. The van der Waals surface area contributed by atoms with Crippen LogP contribution in [0.25, 0.3) is 0 Å². The number of nitrogens with zero attached hydrogens (tertiary/aromatic N) is 1. The molecule has 0 aliphatic carbocycles. The highest BCUT2D eigenvalue weighted by Gasteiger charge is 2.07. The van der Waals surface area contributed by atoms with Crippen molar-refractivity contribution in [1.29, 1.82) is 0 Å². The Hall–Kier alpha value is -1.75. The molecule has 5 heteroatoms. The minimum Gasteiger partial charge on any atom is -0.360 e. The van der Waals surface area contributed by atoms with Gasteiger partial charge in [0.15, 0.2) is 0 Å². The molecule has 22 heavy (non-hydrogen) atoms. The van der Waals surface area contributed by atoms with Crippen LogP contribution in [0.4, 0.5) is 5.69 Å². The smallest absolute Gasteiger partial charge is 0.224 e. The first-order valence-electron chi connectivity index (χ1n) is 7.42. The molecule has 1 heterocycles. The van der Waals surface area contributed by atoms with Gasteiger partial charge in [-0.05, 0) is 44.1 Å². The van der Waals surface area contributed by atoms with Crippen molar-refractivity contribution in [1.82, 2.24) is 5.16 Å². The lowest BCUT2D eigenvalue weighted by atomic mass is 10.1. The van der Waals surface area contributed by atoms with E-state index in [2.05, 4.69) is 10.5 Å². The van der Waals surface area contributed by atoms with Crippen molar-refractivity contribution in [3.8, 4) is 0 Å². The highest BCUT2D eigenvalue weighted by Crippen LogP contribution is 2.20. The van der Waals surface area contributed by atoms with Gasteiger partial charge in [-0.2, -0.15) is 11.8 Å². The van der Waals surface area contributed by atoms with Crippen LogP contribution >= 0.6 is 11.8 Å². The van der Waals surface area contributed by atoms with Crippen molar-refractivity contribution in [3.05, 3.63) is 46.8 Å². The number of aryl methyl sites for hydroxylation is 3. The molecule has 0 fully saturated rings. The number of hydrogen-bond acceptors (Lipinski definition) is 4. The van der Waals surface area contributed by atoms with Crippen LogP contribution in [-0.2, 0) is 10.5 Å². The molecule has 0 unspecified atom stereocenters. The first-order chi connectivity index (χ1) is 10.6. The molecule has 1 aromatic heterocycles. The molecule has 1 N–H and O–H groups in total. The van der Waals surface area contributed by atoms with Crippen molar-refractivity contribution >= 4 is 23.4 Å². The second kappa shape index (κ2) is 8.03. The molecule has 1 aromatic carbocycles. The highest BCUT2D eigenvalue weighted by molar-refractivity contribution is 7.98. The summed E-state index contributed by atoms with van der Waals surface area (Å²) in [7, 11) is 0. The molecule has 0 saturated carbocycles. The van der Waals surface area contributed by atoms with Crippen molar-refractivity contribution in [2.75, 3.05) is 11.1 Å². The maximum Gasteiger partial charge on any atom is 0.224 e. The Labute approximate surface area is 135 Å². The molecule has 2 rings (SSSR count). The number of hydrogen-bond donors (Lipinski definition) is 1. The standard InChI is InChI=1S/C17H22N2O2S/c1-12-6-4-7-13(2)17(12)18-16(20)8-5-9-22-11-15-10-14(3)19-21-15/h4,6-7,10H,5,8-9,11H2,1-3H3,(H,18,20). The minimum absolute atomic E-state index is 0.0773. The van der Waals surface area contributed by atoms with E-state index in [1.54, 1.807) is 11.8 Å². The van der Waals surface area contributed by atoms with E-state index in [4.69, 9.17) is 4.52 Å². The zero-order valence-electron chi connectivity index (χ0n) is 13.3. The summed E-state index contributed by atoms with van der Waals surface area (Å²) in [6.45, 7) is 5.94. The van der Waals surface area contributed by atoms with Crippen molar-refractivity contribution in [2.24, 2.45) is 0 Å². The van der Waals surface area contributed by atoms with E-state index in [-0.39, 0.29) is 5.91 Å². The Morgan fingerprint density at radius 2 is 2.00 bits per heavy atom. The van der Waals surface area contributed by atoms with Gasteiger partial charge in [-0.3, -0.25) is 4.79 Å². The average Bonchev–Trinajstić information content (AvgIpc) is 2.88. The van der Waals surface area contributed by atoms with Crippen LogP contribution in [0, 0.1) is 20.8 Å². The van der Waals surface area contributed by atoms with Crippen LogP contribution in [0.3, 0.4) is 0 Å². The molecule has 1 amide bonds. The topological polar surface area (TPSA) is 55.1 Å². The lowest BCUT2D eigenvalue weighted by Crippen LogP contribution is -2.13. The fourth-order valence-electron chi connectivity index (χ4n) is 2.21. The van der Waals surface area contributed by atoms with Gasteiger partial charge in [0.05, 0.1) is 11.4 Å². The minimum atomic E-state index is 0.0773. The van der Waals surface area contributed by atoms with E-state index < -0.39 is 0 Å². The van der Waals surface area contributed by atoms with Gasteiger partial charge in [0.1, 0.15) is 5.76 Å². The number of nitrogens with one attached hydrogen (secondary N) is 1. The number of carbonyl (C=O) groups is 1. The first-order valence-corrected chi connectivity index (χ1v) is 8.57. The van der Waals surface area contributed by atoms with E-state index in [0.29, 0.717) is 6.42 Å². The van der Waals surface area contributed by atoms with Crippen LogP contribution in [0.5, 0.6) is 0 Å². The van der Waals surface area contributed by atoms with Gasteiger partial charge in [0.25, 0.3) is 0 Å². The molecule has 0 atom stereocenters. The van der Waals surface area contributed by atoms with Crippen molar-refractivity contribution in [2.45, 2.75) is 39.4 Å². The molecule has 2 aromatic rings. The molecule has 0 saturated heterocycles. The lowest BCUT2D eigenvalue weighted by molar-refractivity contribution is -0.116. The summed E-state index contributed by atoms with van der Waals surface area (Å²) in [6, 6.07) is 7.97. The molecule has 0 aliphatic rings. The van der Waals surface area contributed by atoms with E-state index in [9.17, 15) is 4.79 Å². The van der Waals surface area contributed by atoms with Gasteiger partial charge >= 0.3 is 0 Å². The normalized spacial score (nSPS) is 10.7. The van der Waals surface area contributed by atoms with E-state index in [0.717, 1.165) is 46.2 Å². The zero-order valence-corrected chi connectivity index (χ0v) is 14.1. The van der Waals surface area contributed by atoms with Crippen molar-refractivity contribution in [3.63, 3.8) is 0 Å². The second-order valence-corrected chi connectivity index (χ2v) is 6.51. The van der Waals surface area contributed by atoms with Gasteiger partial charge < -0.3 is 9.84 Å². The summed E-state index contributed by atoms with van der Waals surface area (Å²) in [4.78, 5) is 12.0. The van der Waals surface area contributed by atoms with Crippen LogP contribution in [0.2, 0.25) is 0 Å². The van der Waals surface area contributed by atoms with Gasteiger partial charge in [0.2, 0.25) is 5.91 Å². The highest BCUT2D eigenvalue weighted by atomic mass is 32.2. The predicted molar refractivity (Wildman–Crippen MR) is 91.2 cm³/mol. The van der Waals surface area contributed by atoms with Gasteiger partial charge in [0, 0.05) is 18.2 Å². The third kappa shape index (κ3) is 4.91. The zero-order chi connectivity index (χ0) is 15.9. The summed E-state index contributed by atoms with van der Waals surface area (Å²) in [6.07, 6.45) is 1.39. The second-order valence-electron chi connectivity index (χ2n) is 5.41. The molecular formula is C17H22N2O2S. The number of para-hydroxylation sites is 1. The number of thioether (sulfide) groups is 1. The Morgan fingerprint density at radius 3 is 2.64 bits per heavy atom. The third-order valence-electron chi connectivity index (χ3n) is 3.36. The Balaban J connectivity index is 1.68. The van der Waals surface area contributed by atoms with E-state index in [1.165, 1.54) is 0 Å². The largest absolute Gasteiger partial charge is 0.360 e. The molecule has 4 nitrogen and oxygen atoms in total. The van der Waals surface area contributed by atoms with E-state index in [1.807, 2.05) is 45.0 Å². The number of benzene rings is 1. The van der Waals surface area contributed by atoms with Crippen LogP contribution in [-0.4, -0.2) is 16.8 Å². The molecule has 0 radical (unpaired) electrons. The van der Waals surface area contributed by atoms with Crippen LogP contribution < -0.4 is 5.32 Å². The van der Waals surface area contributed by atoms with E-state index >= 15 is 0 Å². The maximum absolute atomic E-state index is 12.0. The summed E-state index contributed by atoms with van der Waals surface area (Å²) < 4.78 is 5.15. The van der Waals surface area contributed by atoms with Gasteiger partial charge in [-0.25, -0.2) is 0 Å². The van der Waals surface area contributed by atoms with Crippen molar-refractivity contribution < 1.29 is 9.32 Å². The molecule has 0 aliphatic heterocycles. The third-order valence-corrected chi connectivity index (χ3v) is 4.43. The maximum atomic E-state index is 12.0. The molecule has 118 valence electrons. The summed E-state index contributed by atoms with van der Waals surface area (Å²) in [5.41, 5.74) is 4.05. The monoisotopic (exact) mass is 318 g/mol. The Kier molecular flexibility index (Phi) is 6.07. The molecule has 0 bridgehead atoms. The number of rotatable bonds is 7. The fourth-order valence-corrected chi connectivity index (χ4v) is 3.04. The summed E-state index contributed by atoms with van der Waals surface area (Å²) in [5, 5.41) is 6.87. The van der Waals surface area contributed by atoms with Crippen LogP contribution in [0.1, 0.15) is 35.4 Å². The van der Waals surface area contributed by atoms with Gasteiger partial charge in [-0.1, -0.05) is 23.4 Å².